The quantitative estimate of drug-likeness (QED) is 0.298. The van der Waals surface area contributed by atoms with Crippen LogP contribution in [-0.4, -0.2) is 55.8 Å². The van der Waals surface area contributed by atoms with Gasteiger partial charge in [-0.3, -0.25) is 14.5 Å². The van der Waals surface area contributed by atoms with Crippen LogP contribution in [-0.2, 0) is 20.9 Å². The minimum Gasteiger partial charge on any atom is -0.503 e. The molecule has 170 valence electrons. The highest BCUT2D eigenvalue weighted by molar-refractivity contribution is 8.00. The molecule has 0 saturated carbocycles. The molecule has 1 aromatic heterocycles. The fraction of sp³-hybridized carbons (Fsp3) is 0.217. The number of carbonyl (C=O) groups is 3. The van der Waals surface area contributed by atoms with E-state index in [4.69, 9.17) is 0 Å². The molecule has 1 saturated heterocycles. The molecular weight excluding hydrogens is 462 g/mol. The van der Waals surface area contributed by atoms with E-state index in [0.717, 1.165) is 4.90 Å². The maximum atomic E-state index is 12.7. The molecule has 0 unspecified atom stereocenters. The van der Waals surface area contributed by atoms with Gasteiger partial charge in [0.05, 0.1) is 5.75 Å². The second kappa shape index (κ2) is 10.1. The van der Waals surface area contributed by atoms with Crippen LogP contribution in [0.3, 0.4) is 0 Å². The van der Waals surface area contributed by atoms with Crippen molar-refractivity contribution in [2.24, 2.45) is 0 Å². The van der Waals surface area contributed by atoms with Crippen LogP contribution in [0.25, 0.3) is 0 Å². The summed E-state index contributed by atoms with van der Waals surface area (Å²) in [6.07, 6.45) is 6.82. The summed E-state index contributed by atoms with van der Waals surface area (Å²) < 4.78 is 1.75. The fourth-order valence-electron chi connectivity index (χ4n) is 3.59. The molecule has 2 aliphatic heterocycles. The number of β-lactam (4-membered cyclic amide) rings is 1. The van der Waals surface area contributed by atoms with E-state index in [1.807, 2.05) is 30.3 Å². The van der Waals surface area contributed by atoms with Crippen molar-refractivity contribution < 1.29 is 29.2 Å². The van der Waals surface area contributed by atoms with Gasteiger partial charge in [0, 0.05) is 16.7 Å². The van der Waals surface area contributed by atoms with Crippen LogP contribution in [0.1, 0.15) is 0 Å². The van der Waals surface area contributed by atoms with Crippen LogP contribution in [0.4, 0.5) is 0 Å². The Balaban J connectivity index is 1.39. The number of nitrogens with one attached hydrogen (secondary N) is 1. The Morgan fingerprint density at radius 3 is 2.76 bits per heavy atom. The van der Waals surface area contributed by atoms with Crippen LogP contribution in [0, 0.1) is 0 Å². The summed E-state index contributed by atoms with van der Waals surface area (Å²) in [5, 5.41) is 21.6. The molecule has 0 radical (unpaired) electrons. The molecule has 4 rings (SSSR count). The van der Waals surface area contributed by atoms with Gasteiger partial charge in [-0.25, -0.2) is 4.79 Å². The zero-order valence-electron chi connectivity index (χ0n) is 17.5. The number of pyridine rings is 1. The number of fused-ring (bicyclic) bond motifs is 1. The molecule has 2 aliphatic rings. The van der Waals surface area contributed by atoms with E-state index in [0.29, 0.717) is 17.9 Å². The van der Waals surface area contributed by atoms with E-state index < -0.39 is 23.3 Å². The maximum Gasteiger partial charge on any atom is 0.352 e. The van der Waals surface area contributed by atoms with E-state index in [2.05, 4.69) is 5.32 Å². The normalized spacial score (nSPS) is 19.9. The highest BCUT2D eigenvalue weighted by Crippen LogP contribution is 2.40. The van der Waals surface area contributed by atoms with Gasteiger partial charge in [0.1, 0.15) is 17.1 Å². The van der Waals surface area contributed by atoms with Gasteiger partial charge in [-0.2, -0.15) is 4.57 Å². The molecule has 0 aliphatic carbocycles. The largest absolute Gasteiger partial charge is 0.503 e. The van der Waals surface area contributed by atoms with Crippen LogP contribution in [0.2, 0.25) is 0 Å². The van der Waals surface area contributed by atoms with Gasteiger partial charge in [0.15, 0.2) is 18.5 Å². The van der Waals surface area contributed by atoms with E-state index in [1.165, 1.54) is 28.4 Å². The van der Waals surface area contributed by atoms with Gasteiger partial charge in [-0.05, 0) is 29.8 Å². The van der Waals surface area contributed by atoms with E-state index in [1.54, 1.807) is 41.2 Å². The lowest BCUT2D eigenvalue weighted by atomic mass is 10.0. The van der Waals surface area contributed by atoms with Crippen molar-refractivity contribution in [3.8, 4) is 5.75 Å². The summed E-state index contributed by atoms with van der Waals surface area (Å²) in [6, 6.07) is 12.0. The summed E-state index contributed by atoms with van der Waals surface area (Å²) in [7, 11) is 0. The first-order valence-corrected chi connectivity index (χ1v) is 12.2. The van der Waals surface area contributed by atoms with Crippen molar-refractivity contribution in [3.63, 3.8) is 0 Å². The van der Waals surface area contributed by atoms with Gasteiger partial charge in [0.2, 0.25) is 12.1 Å². The second-order valence-electron chi connectivity index (χ2n) is 7.40. The van der Waals surface area contributed by atoms with E-state index in [-0.39, 0.29) is 23.1 Å². The lowest BCUT2D eigenvalue weighted by Gasteiger charge is -2.49. The zero-order valence-corrected chi connectivity index (χ0v) is 19.1. The predicted octanol–water partition coefficient (Wildman–Crippen LogP) is 1.77. The Bertz CT molecular complexity index is 1140. The number of aromatic nitrogens is 1. The lowest BCUT2D eigenvalue weighted by Crippen LogP contribution is -2.70. The highest BCUT2D eigenvalue weighted by atomic mass is 32.2. The number of allylic oxidation sites excluding steroid dienone is 2. The molecule has 3 N–H and O–H groups in total. The third-order valence-corrected chi connectivity index (χ3v) is 7.42. The summed E-state index contributed by atoms with van der Waals surface area (Å²) in [5.41, 5.74) is 0.479. The monoisotopic (exact) mass is 484 g/mol. The first-order chi connectivity index (χ1) is 15.9. The Morgan fingerprint density at radius 1 is 1.24 bits per heavy atom. The number of hydrogen-bond acceptors (Lipinski definition) is 6. The Hall–Kier alpha value is -3.24. The number of nitrogens with zero attached hydrogens (tertiary/aromatic N) is 2. The molecule has 1 aromatic carbocycles. The zero-order chi connectivity index (χ0) is 23.4. The van der Waals surface area contributed by atoms with Crippen LogP contribution >= 0.6 is 23.5 Å². The Labute approximate surface area is 199 Å². The number of aromatic hydroxyl groups is 1. The molecule has 2 amide bonds. The molecule has 0 bridgehead atoms. The smallest absolute Gasteiger partial charge is 0.352 e. The summed E-state index contributed by atoms with van der Waals surface area (Å²) in [6.45, 7) is 0.435. The van der Waals surface area contributed by atoms with Gasteiger partial charge < -0.3 is 15.5 Å². The molecule has 0 spiro atoms. The number of hydrogen-bond donors (Lipinski definition) is 3. The second-order valence-corrected chi connectivity index (χ2v) is 9.55. The third kappa shape index (κ3) is 5.23. The fourth-order valence-corrected chi connectivity index (χ4v) is 5.64. The molecule has 33 heavy (non-hydrogen) atoms. The first kappa shape index (κ1) is 22.9. The Kier molecular flexibility index (Phi) is 7.05. The van der Waals surface area contributed by atoms with Gasteiger partial charge in [0.25, 0.3) is 5.91 Å². The Morgan fingerprint density at radius 2 is 2.03 bits per heavy atom. The lowest BCUT2D eigenvalue weighted by molar-refractivity contribution is -0.687. The highest BCUT2D eigenvalue weighted by Gasteiger charge is 2.53. The number of amides is 2. The number of benzene rings is 1. The van der Waals surface area contributed by atoms with E-state index >= 15 is 0 Å². The number of carboxylic acid groups (broad SMARTS) is 1. The first-order valence-electron chi connectivity index (χ1n) is 10.2. The molecular formula is C23H22N3O5S2+. The maximum absolute atomic E-state index is 12.7. The van der Waals surface area contributed by atoms with Crippen molar-refractivity contribution in [2.45, 2.75) is 22.9 Å². The van der Waals surface area contributed by atoms with E-state index in [9.17, 15) is 24.6 Å². The third-order valence-electron chi connectivity index (χ3n) is 5.11. The number of aliphatic carboxylic acids is 1. The minimum atomic E-state index is -1.18. The van der Waals surface area contributed by atoms with Crippen LogP contribution in [0.5, 0.6) is 5.75 Å². The van der Waals surface area contributed by atoms with Crippen LogP contribution in [0.15, 0.2) is 83.2 Å². The summed E-state index contributed by atoms with van der Waals surface area (Å²) >= 11 is 2.80. The molecule has 8 nitrogen and oxygen atoms in total. The van der Waals surface area contributed by atoms with Gasteiger partial charge >= 0.3 is 5.97 Å². The number of carboxylic acids is 1. The molecule has 3 heterocycles. The van der Waals surface area contributed by atoms with Crippen molar-refractivity contribution >= 4 is 41.3 Å². The van der Waals surface area contributed by atoms with Crippen molar-refractivity contribution in [3.05, 3.63) is 78.3 Å². The topological polar surface area (TPSA) is 111 Å². The number of rotatable bonds is 8. The SMILES string of the molecule is O=C(CSc1ccccc1)N[C@@H]1C(=O)N2C(C(=O)O)=C(C=CC[n+]3cccc(O)c3)CS[C@H]12. The predicted molar refractivity (Wildman–Crippen MR) is 124 cm³/mol. The standard InChI is InChI=1S/C23H21N3O5S2/c27-16-7-5-11-25(12-16)10-4-6-15-13-33-22-19(21(29)26(22)20(15)23(30)31)24-18(28)14-32-17-8-2-1-3-9-17/h1-9,11-12,19,22H,10,13-14H2,(H2-,24,27,28,30,31)/p+1/t19-,22-/m1/s1. The minimum absolute atomic E-state index is 0.0509. The van der Waals surface area contributed by atoms with Crippen molar-refractivity contribution in [2.75, 3.05) is 11.5 Å². The molecule has 10 heteroatoms. The molecule has 2 aromatic rings. The van der Waals surface area contributed by atoms with Gasteiger partial charge in [-0.1, -0.05) is 24.3 Å². The van der Waals surface area contributed by atoms with Crippen molar-refractivity contribution in [1.29, 1.82) is 0 Å². The molecule has 2 atom stereocenters. The summed E-state index contributed by atoms with van der Waals surface area (Å²) in [4.78, 5) is 39.2. The molecule has 1 fully saturated rings. The van der Waals surface area contributed by atoms with Crippen LogP contribution < -0.4 is 9.88 Å². The number of thioether (sulfide) groups is 2. The average Bonchev–Trinajstić information content (AvgIpc) is 2.81. The van der Waals surface area contributed by atoms with Gasteiger partial charge in [-0.15, -0.1) is 23.5 Å². The van der Waals surface area contributed by atoms with Crippen molar-refractivity contribution in [1.82, 2.24) is 10.2 Å². The summed E-state index contributed by atoms with van der Waals surface area (Å²) in [5.74, 6) is -1.15. The number of carbonyl (C=O) groups excluding carboxylic acids is 2. The average molecular weight is 485 g/mol.